The summed E-state index contributed by atoms with van der Waals surface area (Å²) >= 11 is 0. The third kappa shape index (κ3) is 3.07. The van der Waals surface area contributed by atoms with Crippen molar-refractivity contribution < 1.29 is 4.52 Å². The van der Waals surface area contributed by atoms with Gasteiger partial charge in [0.1, 0.15) is 17.6 Å². The molecule has 0 saturated carbocycles. The Morgan fingerprint density at radius 3 is 2.59 bits per heavy atom. The molecule has 17 heavy (non-hydrogen) atoms. The van der Waals surface area contributed by atoms with Gasteiger partial charge in [-0.25, -0.2) is 9.97 Å². The third-order valence-corrected chi connectivity index (χ3v) is 2.02. The summed E-state index contributed by atoms with van der Waals surface area (Å²) < 4.78 is 4.71. The predicted octanol–water partition coefficient (Wildman–Crippen LogP) is 2.32. The van der Waals surface area contributed by atoms with E-state index in [-0.39, 0.29) is 0 Å². The average molecular weight is 228 g/mol. The molecule has 3 aromatic rings. The standard InChI is InChI=1S/C7H5N3.C5H7NO/c1-2-6-7(9-3-1)4-8-5-10-6;1-4-3-5(2)7-6-4/h1-5H;3H,1-2H3. The van der Waals surface area contributed by atoms with Crippen LogP contribution < -0.4 is 0 Å². The Balaban J connectivity index is 0.000000136. The molecular formula is C12H12N4O. The summed E-state index contributed by atoms with van der Waals surface area (Å²) in [5.41, 5.74) is 2.67. The molecule has 0 unspecified atom stereocenters. The zero-order valence-corrected chi connectivity index (χ0v) is 9.66. The molecule has 0 atom stereocenters. The van der Waals surface area contributed by atoms with E-state index in [4.69, 9.17) is 4.52 Å². The molecule has 5 heteroatoms. The molecule has 0 N–H and O–H groups in total. The number of pyridine rings is 1. The zero-order valence-electron chi connectivity index (χ0n) is 9.66. The molecule has 0 aliphatic heterocycles. The molecule has 3 aromatic heterocycles. The van der Waals surface area contributed by atoms with Crippen LogP contribution in [-0.2, 0) is 0 Å². The Labute approximate surface area is 98.5 Å². The first kappa shape index (κ1) is 11.2. The van der Waals surface area contributed by atoms with Crippen molar-refractivity contribution in [1.29, 1.82) is 0 Å². The van der Waals surface area contributed by atoms with E-state index in [2.05, 4.69) is 20.1 Å². The Morgan fingerprint density at radius 2 is 2.00 bits per heavy atom. The van der Waals surface area contributed by atoms with Crippen molar-refractivity contribution in [1.82, 2.24) is 20.1 Å². The average Bonchev–Trinajstić information content (AvgIpc) is 2.74. The van der Waals surface area contributed by atoms with Crippen LogP contribution in [0, 0.1) is 13.8 Å². The van der Waals surface area contributed by atoms with E-state index in [1.807, 2.05) is 32.0 Å². The minimum absolute atomic E-state index is 0.838. The Hall–Kier alpha value is -2.30. The molecule has 0 amide bonds. The van der Waals surface area contributed by atoms with Gasteiger partial charge in [-0.2, -0.15) is 0 Å². The summed E-state index contributed by atoms with van der Waals surface area (Å²) in [7, 11) is 0. The van der Waals surface area contributed by atoms with Crippen LogP contribution in [0.4, 0.5) is 0 Å². The van der Waals surface area contributed by atoms with Crippen molar-refractivity contribution in [2.24, 2.45) is 0 Å². The monoisotopic (exact) mass is 228 g/mol. The molecule has 0 radical (unpaired) electrons. The summed E-state index contributed by atoms with van der Waals surface area (Å²) in [6.07, 6.45) is 4.94. The van der Waals surface area contributed by atoms with E-state index in [9.17, 15) is 0 Å². The Morgan fingerprint density at radius 1 is 1.12 bits per heavy atom. The van der Waals surface area contributed by atoms with Gasteiger partial charge in [-0.3, -0.25) is 4.98 Å². The number of rotatable bonds is 0. The lowest BCUT2D eigenvalue weighted by Crippen LogP contribution is -1.81. The second-order valence-electron chi connectivity index (χ2n) is 3.51. The number of nitrogens with zero attached hydrogens (tertiary/aromatic N) is 4. The van der Waals surface area contributed by atoms with Gasteiger partial charge >= 0.3 is 0 Å². The van der Waals surface area contributed by atoms with Crippen LogP contribution in [-0.4, -0.2) is 20.1 Å². The highest BCUT2D eigenvalue weighted by atomic mass is 16.5. The van der Waals surface area contributed by atoms with Crippen LogP contribution in [0.25, 0.3) is 11.0 Å². The van der Waals surface area contributed by atoms with E-state index >= 15 is 0 Å². The topological polar surface area (TPSA) is 64.7 Å². The van der Waals surface area contributed by atoms with Crippen LogP contribution in [0.15, 0.2) is 41.4 Å². The van der Waals surface area contributed by atoms with Crippen LogP contribution in [0.5, 0.6) is 0 Å². The normalized spacial score (nSPS) is 9.76. The Kier molecular flexibility index (Phi) is 3.40. The van der Waals surface area contributed by atoms with E-state index < -0.39 is 0 Å². The highest BCUT2D eigenvalue weighted by molar-refractivity contribution is 5.71. The van der Waals surface area contributed by atoms with E-state index in [0.29, 0.717) is 0 Å². The minimum atomic E-state index is 0.838. The Bertz CT molecular complexity index is 524. The number of aryl methyl sites for hydroxylation is 2. The second kappa shape index (κ2) is 5.16. The molecule has 5 nitrogen and oxygen atoms in total. The lowest BCUT2D eigenvalue weighted by Gasteiger charge is -1.89. The van der Waals surface area contributed by atoms with Gasteiger partial charge in [-0.15, -0.1) is 0 Å². The molecule has 0 aliphatic carbocycles. The van der Waals surface area contributed by atoms with Crippen molar-refractivity contribution in [3.63, 3.8) is 0 Å². The van der Waals surface area contributed by atoms with Crippen molar-refractivity contribution in [2.75, 3.05) is 0 Å². The van der Waals surface area contributed by atoms with Crippen molar-refractivity contribution >= 4 is 11.0 Å². The van der Waals surface area contributed by atoms with Gasteiger partial charge in [0.15, 0.2) is 0 Å². The molecule has 0 aromatic carbocycles. The zero-order chi connectivity index (χ0) is 12.1. The molecule has 0 bridgehead atoms. The van der Waals surface area contributed by atoms with E-state index in [1.165, 1.54) is 6.33 Å². The highest BCUT2D eigenvalue weighted by Gasteiger charge is 1.89. The lowest BCUT2D eigenvalue weighted by atomic mass is 10.4. The number of hydrogen-bond acceptors (Lipinski definition) is 5. The third-order valence-electron chi connectivity index (χ3n) is 2.02. The van der Waals surface area contributed by atoms with Crippen LogP contribution in [0.2, 0.25) is 0 Å². The van der Waals surface area contributed by atoms with Crippen molar-refractivity contribution in [3.8, 4) is 0 Å². The van der Waals surface area contributed by atoms with Crippen LogP contribution in [0.1, 0.15) is 11.5 Å². The maximum Gasteiger partial charge on any atom is 0.133 e. The highest BCUT2D eigenvalue weighted by Crippen LogP contribution is 2.02. The van der Waals surface area contributed by atoms with Gasteiger partial charge in [-0.05, 0) is 26.0 Å². The number of fused-ring (bicyclic) bond motifs is 1. The van der Waals surface area contributed by atoms with Gasteiger partial charge in [0, 0.05) is 12.3 Å². The van der Waals surface area contributed by atoms with Gasteiger partial charge < -0.3 is 4.52 Å². The molecular weight excluding hydrogens is 216 g/mol. The van der Waals surface area contributed by atoms with Crippen LogP contribution >= 0.6 is 0 Å². The smallest absolute Gasteiger partial charge is 0.133 e. The summed E-state index contributed by atoms with van der Waals surface area (Å²) in [6, 6.07) is 5.65. The quantitative estimate of drug-likeness (QED) is 0.590. The maximum atomic E-state index is 4.71. The fourth-order valence-corrected chi connectivity index (χ4v) is 1.31. The summed E-state index contributed by atoms with van der Waals surface area (Å²) in [5.74, 6) is 0.873. The van der Waals surface area contributed by atoms with Gasteiger partial charge in [0.05, 0.1) is 17.4 Å². The summed E-state index contributed by atoms with van der Waals surface area (Å²) in [6.45, 7) is 3.77. The van der Waals surface area contributed by atoms with E-state index in [1.54, 1.807) is 12.4 Å². The SMILES string of the molecule is Cc1cc(C)on1.c1cnc2cncnc2c1. The largest absolute Gasteiger partial charge is 0.361 e. The first-order chi connectivity index (χ1) is 8.25. The van der Waals surface area contributed by atoms with Crippen molar-refractivity contribution in [2.45, 2.75) is 13.8 Å². The maximum absolute atomic E-state index is 4.71. The lowest BCUT2D eigenvalue weighted by molar-refractivity contribution is 0.393. The molecule has 0 saturated heterocycles. The van der Waals surface area contributed by atoms with Crippen LogP contribution in [0.3, 0.4) is 0 Å². The van der Waals surface area contributed by atoms with Gasteiger partial charge in [0.25, 0.3) is 0 Å². The molecule has 86 valence electrons. The summed E-state index contributed by atoms with van der Waals surface area (Å²) in [5, 5.41) is 3.64. The first-order valence-electron chi connectivity index (χ1n) is 5.16. The molecule has 0 spiro atoms. The predicted molar refractivity (Wildman–Crippen MR) is 63.3 cm³/mol. The van der Waals surface area contributed by atoms with Gasteiger partial charge in [0.2, 0.25) is 0 Å². The second-order valence-corrected chi connectivity index (χ2v) is 3.51. The first-order valence-corrected chi connectivity index (χ1v) is 5.16. The molecule has 3 heterocycles. The molecule has 3 rings (SSSR count). The number of hydrogen-bond donors (Lipinski definition) is 0. The molecule has 0 fully saturated rings. The summed E-state index contributed by atoms with van der Waals surface area (Å²) in [4.78, 5) is 11.9. The van der Waals surface area contributed by atoms with Gasteiger partial charge in [-0.1, -0.05) is 5.16 Å². The minimum Gasteiger partial charge on any atom is -0.361 e. The fourth-order valence-electron chi connectivity index (χ4n) is 1.31. The van der Waals surface area contributed by atoms with Crippen molar-refractivity contribution in [3.05, 3.63) is 48.4 Å². The van der Waals surface area contributed by atoms with E-state index in [0.717, 1.165) is 22.5 Å². The number of aromatic nitrogens is 4. The molecule has 0 aliphatic rings. The fraction of sp³-hybridized carbons (Fsp3) is 0.167.